The molecule has 0 saturated carbocycles. The molecule has 0 aromatic rings. The van der Waals surface area contributed by atoms with Crippen molar-refractivity contribution in [2.24, 2.45) is 0 Å². The molecule has 0 rings (SSSR count). The Kier molecular flexibility index (Phi) is 13.1. The zero-order valence-electron chi connectivity index (χ0n) is 16.5. The van der Waals surface area contributed by atoms with Crippen LogP contribution in [0.1, 0.15) is 66.2 Å². The molecule has 0 unspecified atom stereocenters. The van der Waals surface area contributed by atoms with Gasteiger partial charge in [-0.15, -0.1) is 13.2 Å². The van der Waals surface area contributed by atoms with Crippen LogP contribution in [0.3, 0.4) is 0 Å². The van der Waals surface area contributed by atoms with E-state index < -0.39 is 16.6 Å². The summed E-state index contributed by atoms with van der Waals surface area (Å²) in [6.45, 7) is 17.2. The van der Waals surface area contributed by atoms with E-state index in [-0.39, 0.29) is 0 Å². The summed E-state index contributed by atoms with van der Waals surface area (Å²) in [5.74, 6) is 0. The first-order chi connectivity index (χ1) is 11.1. The predicted octanol–water partition coefficient (Wildman–Crippen LogP) is 7.69. The van der Waals surface area contributed by atoms with Crippen LogP contribution in [-0.2, 0) is 4.12 Å². The van der Waals surface area contributed by atoms with Crippen molar-refractivity contribution in [3.05, 3.63) is 25.3 Å². The van der Waals surface area contributed by atoms with Gasteiger partial charge in [-0.3, -0.25) is 0 Å². The highest BCUT2D eigenvalue weighted by Crippen LogP contribution is 2.35. The third kappa shape index (κ3) is 8.50. The van der Waals surface area contributed by atoms with Crippen LogP contribution in [0.25, 0.3) is 0 Å². The van der Waals surface area contributed by atoms with Gasteiger partial charge in [-0.25, -0.2) is 0 Å². The molecule has 0 amide bonds. The quantitative estimate of drug-likeness (QED) is 0.157. The highest BCUT2D eigenvalue weighted by atomic mass is 28.4. The normalized spacial score (nSPS) is 12.3. The maximum absolute atomic E-state index is 7.21. The highest BCUT2D eigenvalue weighted by Gasteiger charge is 2.40. The van der Waals surface area contributed by atoms with Gasteiger partial charge in [0.1, 0.15) is 0 Å². The van der Waals surface area contributed by atoms with Crippen molar-refractivity contribution < 1.29 is 4.12 Å². The minimum absolute atomic E-state index is 1.16. The van der Waals surface area contributed by atoms with Crippen molar-refractivity contribution in [2.75, 3.05) is 0 Å². The van der Waals surface area contributed by atoms with E-state index in [1.807, 2.05) is 0 Å². The van der Waals surface area contributed by atoms with Crippen molar-refractivity contribution >= 4 is 16.6 Å². The van der Waals surface area contributed by atoms with Crippen molar-refractivity contribution in [3.63, 3.8) is 0 Å². The van der Waals surface area contributed by atoms with Crippen LogP contribution in [0.2, 0.25) is 36.3 Å². The molecule has 0 aliphatic heterocycles. The maximum Gasteiger partial charge on any atom is 0.179 e. The lowest BCUT2D eigenvalue weighted by Gasteiger charge is -2.41. The van der Waals surface area contributed by atoms with Gasteiger partial charge >= 0.3 is 0 Å². The summed E-state index contributed by atoms with van der Waals surface area (Å²) in [6.07, 6.45) is 11.7. The van der Waals surface area contributed by atoms with Gasteiger partial charge in [-0.05, 0) is 49.1 Å². The molecule has 0 fully saturated rings. The van der Waals surface area contributed by atoms with Crippen LogP contribution >= 0.6 is 0 Å². The molecule has 136 valence electrons. The average Bonchev–Trinajstić information content (AvgIpc) is 2.60. The molecule has 1 nitrogen and oxygen atoms in total. The second kappa shape index (κ2) is 13.2. The monoisotopic (exact) mass is 354 g/mol. The molecular weight excluding hydrogens is 312 g/mol. The fourth-order valence-electron chi connectivity index (χ4n) is 3.55. The van der Waals surface area contributed by atoms with Crippen LogP contribution in [0, 0.1) is 0 Å². The minimum Gasteiger partial charge on any atom is -0.455 e. The second-order valence-corrected chi connectivity index (χ2v) is 16.3. The number of rotatable bonds is 16. The van der Waals surface area contributed by atoms with Crippen LogP contribution < -0.4 is 0 Å². The van der Waals surface area contributed by atoms with Gasteiger partial charge < -0.3 is 4.12 Å². The van der Waals surface area contributed by atoms with Crippen LogP contribution in [0.5, 0.6) is 0 Å². The third-order valence-electron chi connectivity index (χ3n) is 5.59. The standard InChI is InChI=1S/C20H42OSi2/c1-7-13-15-17-19-23(12-6,20-18-16-14-8-2)21-22(9-3,10-4)11-5/h7-8H,1-2,9-20H2,3-6H3. The van der Waals surface area contributed by atoms with Crippen molar-refractivity contribution in [1.82, 2.24) is 0 Å². The van der Waals surface area contributed by atoms with E-state index in [0.29, 0.717) is 0 Å². The molecule has 0 saturated heterocycles. The molecule has 0 aliphatic carbocycles. The first-order valence-electron chi connectivity index (χ1n) is 9.99. The van der Waals surface area contributed by atoms with Gasteiger partial charge in [0, 0.05) is 0 Å². The fraction of sp³-hybridized carbons (Fsp3) is 0.800. The van der Waals surface area contributed by atoms with Gasteiger partial charge in [0.25, 0.3) is 0 Å². The Bertz CT molecular complexity index is 286. The lowest BCUT2D eigenvalue weighted by Crippen LogP contribution is -2.50. The number of allylic oxidation sites excluding steroid dienone is 2. The third-order valence-corrected chi connectivity index (χ3v) is 16.7. The smallest absolute Gasteiger partial charge is 0.179 e. The second-order valence-electron chi connectivity index (χ2n) is 6.95. The summed E-state index contributed by atoms with van der Waals surface area (Å²) in [5, 5.41) is 0. The Morgan fingerprint density at radius 2 is 1.04 bits per heavy atom. The molecule has 0 aromatic carbocycles. The Hall–Kier alpha value is -0.126. The van der Waals surface area contributed by atoms with Crippen molar-refractivity contribution in [1.29, 1.82) is 0 Å². The topological polar surface area (TPSA) is 9.23 Å². The SMILES string of the molecule is C=CCCCC[Si](CC)(CCCCC=C)O[Si](CC)(CC)CC. The Balaban J connectivity index is 4.96. The molecule has 0 radical (unpaired) electrons. The van der Waals surface area contributed by atoms with Crippen LogP contribution in [-0.4, -0.2) is 16.6 Å². The lowest BCUT2D eigenvalue weighted by molar-refractivity contribution is 0.495. The molecule has 0 spiro atoms. The zero-order valence-corrected chi connectivity index (χ0v) is 18.5. The minimum atomic E-state index is -1.57. The Labute approximate surface area is 148 Å². The van der Waals surface area contributed by atoms with E-state index >= 15 is 0 Å². The number of hydrogen-bond donors (Lipinski definition) is 0. The summed E-state index contributed by atoms with van der Waals surface area (Å²) >= 11 is 0. The van der Waals surface area contributed by atoms with Gasteiger partial charge in [0.05, 0.1) is 0 Å². The molecule has 0 N–H and O–H groups in total. The van der Waals surface area contributed by atoms with Crippen LogP contribution in [0.15, 0.2) is 25.3 Å². The molecule has 0 atom stereocenters. The van der Waals surface area contributed by atoms with Gasteiger partial charge in [0.2, 0.25) is 0 Å². The van der Waals surface area contributed by atoms with Gasteiger partial charge in [-0.2, -0.15) is 0 Å². The first kappa shape index (κ1) is 22.9. The fourth-order valence-corrected chi connectivity index (χ4v) is 14.6. The predicted molar refractivity (Wildman–Crippen MR) is 112 cm³/mol. The molecule has 0 aromatic heterocycles. The van der Waals surface area contributed by atoms with E-state index in [9.17, 15) is 0 Å². The summed E-state index contributed by atoms with van der Waals surface area (Å²) in [7, 11) is -3.06. The van der Waals surface area contributed by atoms with Crippen LogP contribution in [0.4, 0.5) is 0 Å². The first-order valence-corrected chi connectivity index (χ1v) is 15.1. The van der Waals surface area contributed by atoms with E-state index in [1.165, 1.54) is 61.9 Å². The molecule has 0 heterocycles. The van der Waals surface area contributed by atoms with Crippen molar-refractivity contribution in [3.8, 4) is 0 Å². The molecule has 0 aliphatic rings. The summed E-state index contributed by atoms with van der Waals surface area (Å²) < 4.78 is 7.21. The summed E-state index contributed by atoms with van der Waals surface area (Å²) in [5.41, 5.74) is 0. The highest BCUT2D eigenvalue weighted by molar-refractivity contribution is 6.87. The van der Waals surface area contributed by atoms with E-state index in [1.54, 1.807) is 0 Å². The summed E-state index contributed by atoms with van der Waals surface area (Å²) in [6, 6.07) is 7.88. The molecule has 3 heteroatoms. The number of unbranched alkanes of at least 4 members (excludes halogenated alkanes) is 4. The largest absolute Gasteiger partial charge is 0.455 e. The van der Waals surface area contributed by atoms with E-state index in [2.05, 4.69) is 53.0 Å². The zero-order chi connectivity index (χ0) is 17.6. The van der Waals surface area contributed by atoms with Gasteiger partial charge in [-0.1, -0.05) is 65.5 Å². The van der Waals surface area contributed by atoms with E-state index in [4.69, 9.17) is 4.12 Å². The Morgan fingerprint density at radius 1 is 0.652 bits per heavy atom. The van der Waals surface area contributed by atoms with Gasteiger partial charge in [0.15, 0.2) is 16.6 Å². The maximum atomic E-state index is 7.21. The van der Waals surface area contributed by atoms with E-state index in [0.717, 1.165) is 12.8 Å². The van der Waals surface area contributed by atoms with Crippen molar-refractivity contribution in [2.45, 2.75) is 102 Å². The average molecular weight is 355 g/mol. The Morgan fingerprint density at radius 3 is 1.35 bits per heavy atom. The number of hydrogen-bond acceptors (Lipinski definition) is 1. The molecular formula is C20H42OSi2. The molecule has 0 bridgehead atoms. The summed E-state index contributed by atoms with van der Waals surface area (Å²) in [4.78, 5) is 0. The molecule has 23 heavy (non-hydrogen) atoms. The lowest BCUT2D eigenvalue weighted by atomic mass is 10.2.